The highest BCUT2D eigenvalue weighted by molar-refractivity contribution is 8.26. The average Bonchev–Trinajstić information content (AvgIpc) is 2.85. The molecule has 1 saturated heterocycles. The predicted molar refractivity (Wildman–Crippen MR) is 104 cm³/mol. The number of carbonyl (C=O) groups excluding carboxylic acids is 1. The van der Waals surface area contributed by atoms with Crippen LogP contribution in [0.2, 0.25) is 10.0 Å². The first-order valence-electron chi connectivity index (χ1n) is 6.93. The van der Waals surface area contributed by atoms with E-state index in [9.17, 15) is 4.79 Å². The van der Waals surface area contributed by atoms with E-state index in [4.69, 9.17) is 40.2 Å². The van der Waals surface area contributed by atoms with E-state index in [0.717, 1.165) is 11.1 Å². The Morgan fingerprint density at radius 1 is 1.17 bits per heavy atom. The van der Waals surface area contributed by atoms with Gasteiger partial charge in [-0.05, 0) is 35.9 Å². The zero-order valence-corrected chi connectivity index (χ0v) is 15.4. The Labute approximate surface area is 159 Å². The lowest BCUT2D eigenvalue weighted by Crippen LogP contribution is -2.17. The number of hydrogen-bond donors (Lipinski definition) is 1. The van der Waals surface area contributed by atoms with Gasteiger partial charge in [0, 0.05) is 15.6 Å². The van der Waals surface area contributed by atoms with Crippen LogP contribution in [0.25, 0.3) is 6.08 Å². The number of nitrogens with one attached hydrogen (secondary N) is 1. The SMILES string of the molecule is O=C1NC(=S)S/C1=C\c1ccc(OCc2ccc(Cl)cc2Cl)cc1. The molecule has 1 amide bonds. The summed E-state index contributed by atoms with van der Waals surface area (Å²) < 4.78 is 6.20. The van der Waals surface area contributed by atoms with Crippen molar-refractivity contribution in [2.24, 2.45) is 0 Å². The van der Waals surface area contributed by atoms with E-state index < -0.39 is 0 Å². The van der Waals surface area contributed by atoms with Crippen molar-refractivity contribution >= 4 is 63.5 Å². The van der Waals surface area contributed by atoms with Crippen LogP contribution in [0.5, 0.6) is 5.75 Å². The molecule has 2 aromatic rings. The zero-order chi connectivity index (χ0) is 17.1. The van der Waals surface area contributed by atoms with Gasteiger partial charge in [0.1, 0.15) is 16.7 Å². The number of thiocarbonyl (C=S) groups is 1. The summed E-state index contributed by atoms with van der Waals surface area (Å²) in [5.41, 5.74) is 1.76. The summed E-state index contributed by atoms with van der Waals surface area (Å²) in [7, 11) is 0. The van der Waals surface area contributed by atoms with Gasteiger partial charge in [-0.3, -0.25) is 4.79 Å². The van der Waals surface area contributed by atoms with E-state index in [2.05, 4.69) is 5.32 Å². The fourth-order valence-electron chi connectivity index (χ4n) is 2.03. The number of amides is 1. The minimum atomic E-state index is -0.164. The number of benzene rings is 2. The molecule has 0 spiro atoms. The molecule has 0 radical (unpaired) electrons. The summed E-state index contributed by atoms with van der Waals surface area (Å²) in [5, 5.41) is 3.75. The third-order valence-corrected chi connectivity index (χ3v) is 4.98. The first kappa shape index (κ1) is 17.3. The van der Waals surface area contributed by atoms with Gasteiger partial charge in [-0.2, -0.15) is 0 Å². The molecular weight excluding hydrogens is 385 g/mol. The molecule has 1 heterocycles. The van der Waals surface area contributed by atoms with Crippen molar-refractivity contribution in [2.45, 2.75) is 6.61 Å². The number of hydrogen-bond acceptors (Lipinski definition) is 4. The second-order valence-corrected chi connectivity index (χ2v) is 7.51. The third-order valence-electron chi connectivity index (χ3n) is 3.23. The van der Waals surface area contributed by atoms with Crippen LogP contribution in [0.15, 0.2) is 47.4 Å². The Balaban J connectivity index is 1.65. The molecule has 2 aromatic carbocycles. The Morgan fingerprint density at radius 3 is 2.54 bits per heavy atom. The molecule has 7 heteroatoms. The Hall–Kier alpha value is -1.53. The fourth-order valence-corrected chi connectivity index (χ4v) is 3.54. The maximum atomic E-state index is 11.6. The van der Waals surface area contributed by atoms with Gasteiger partial charge in [0.25, 0.3) is 5.91 Å². The van der Waals surface area contributed by atoms with Crippen molar-refractivity contribution in [3.05, 3.63) is 68.5 Å². The fraction of sp³-hybridized carbons (Fsp3) is 0.0588. The zero-order valence-electron chi connectivity index (χ0n) is 12.2. The van der Waals surface area contributed by atoms with Crippen molar-refractivity contribution in [1.82, 2.24) is 5.32 Å². The van der Waals surface area contributed by atoms with Crippen molar-refractivity contribution in [1.29, 1.82) is 0 Å². The Kier molecular flexibility index (Phi) is 5.46. The van der Waals surface area contributed by atoms with Gasteiger partial charge in [-0.1, -0.05) is 65.4 Å². The second kappa shape index (κ2) is 7.57. The van der Waals surface area contributed by atoms with Gasteiger partial charge in [0.2, 0.25) is 0 Å². The monoisotopic (exact) mass is 395 g/mol. The van der Waals surface area contributed by atoms with Crippen molar-refractivity contribution in [3.63, 3.8) is 0 Å². The van der Waals surface area contributed by atoms with E-state index in [1.54, 1.807) is 18.2 Å². The lowest BCUT2D eigenvalue weighted by molar-refractivity contribution is -0.115. The topological polar surface area (TPSA) is 38.3 Å². The van der Waals surface area contributed by atoms with E-state index in [0.29, 0.717) is 31.6 Å². The molecule has 0 atom stereocenters. The molecule has 1 fully saturated rings. The van der Waals surface area contributed by atoms with Gasteiger partial charge in [0.15, 0.2) is 0 Å². The summed E-state index contributed by atoms with van der Waals surface area (Å²) in [5.74, 6) is 0.546. The maximum Gasteiger partial charge on any atom is 0.263 e. The molecule has 0 aromatic heterocycles. The highest BCUT2D eigenvalue weighted by Crippen LogP contribution is 2.27. The number of halogens is 2. The molecule has 0 unspecified atom stereocenters. The molecule has 0 saturated carbocycles. The highest BCUT2D eigenvalue weighted by Gasteiger charge is 2.21. The predicted octanol–water partition coefficient (Wildman–Crippen LogP) is 5.06. The molecule has 0 aliphatic carbocycles. The normalized spacial score (nSPS) is 15.7. The van der Waals surface area contributed by atoms with Crippen LogP contribution in [-0.4, -0.2) is 10.2 Å². The van der Waals surface area contributed by atoms with E-state index in [1.165, 1.54) is 11.8 Å². The molecule has 3 rings (SSSR count). The second-order valence-electron chi connectivity index (χ2n) is 4.95. The van der Waals surface area contributed by atoms with E-state index in [-0.39, 0.29) is 5.91 Å². The number of ether oxygens (including phenoxy) is 1. The largest absolute Gasteiger partial charge is 0.489 e. The smallest absolute Gasteiger partial charge is 0.263 e. The van der Waals surface area contributed by atoms with Crippen LogP contribution >= 0.6 is 47.2 Å². The summed E-state index contributed by atoms with van der Waals surface area (Å²) in [6.45, 7) is 0.350. The highest BCUT2D eigenvalue weighted by atomic mass is 35.5. The summed E-state index contributed by atoms with van der Waals surface area (Å²) in [4.78, 5) is 12.2. The van der Waals surface area contributed by atoms with E-state index >= 15 is 0 Å². The number of carbonyl (C=O) groups is 1. The maximum absolute atomic E-state index is 11.6. The Morgan fingerprint density at radius 2 is 1.92 bits per heavy atom. The van der Waals surface area contributed by atoms with Crippen LogP contribution < -0.4 is 10.1 Å². The van der Waals surface area contributed by atoms with E-state index in [1.807, 2.05) is 30.3 Å². The average molecular weight is 396 g/mol. The van der Waals surface area contributed by atoms with Gasteiger partial charge in [0.05, 0.1) is 4.91 Å². The standard InChI is InChI=1S/C17H11Cl2NO2S2/c18-12-4-3-11(14(19)8-12)9-22-13-5-1-10(2-6-13)7-15-16(21)20-17(23)24-15/h1-8H,9H2,(H,20,21,23)/b15-7-. The molecule has 24 heavy (non-hydrogen) atoms. The van der Waals surface area contributed by atoms with Crippen LogP contribution in [-0.2, 0) is 11.4 Å². The minimum absolute atomic E-state index is 0.164. The molecular formula is C17H11Cl2NO2S2. The molecule has 122 valence electrons. The number of rotatable bonds is 4. The Bertz CT molecular complexity index is 835. The van der Waals surface area contributed by atoms with Gasteiger partial charge >= 0.3 is 0 Å². The van der Waals surface area contributed by atoms with Crippen molar-refractivity contribution < 1.29 is 9.53 Å². The third kappa shape index (κ3) is 4.30. The summed E-state index contributed by atoms with van der Waals surface area (Å²) in [6, 6.07) is 12.7. The molecule has 3 nitrogen and oxygen atoms in total. The minimum Gasteiger partial charge on any atom is -0.489 e. The van der Waals surface area contributed by atoms with Crippen LogP contribution in [0.3, 0.4) is 0 Å². The van der Waals surface area contributed by atoms with Crippen molar-refractivity contribution in [2.75, 3.05) is 0 Å². The van der Waals surface area contributed by atoms with Gasteiger partial charge in [-0.15, -0.1) is 0 Å². The lowest BCUT2D eigenvalue weighted by Gasteiger charge is -2.08. The lowest BCUT2D eigenvalue weighted by atomic mass is 10.2. The first-order chi connectivity index (χ1) is 11.5. The summed E-state index contributed by atoms with van der Waals surface area (Å²) >= 11 is 18.2. The van der Waals surface area contributed by atoms with Crippen LogP contribution in [0.4, 0.5) is 0 Å². The first-order valence-corrected chi connectivity index (χ1v) is 8.91. The van der Waals surface area contributed by atoms with Crippen LogP contribution in [0.1, 0.15) is 11.1 Å². The van der Waals surface area contributed by atoms with Crippen LogP contribution in [0, 0.1) is 0 Å². The number of thioether (sulfide) groups is 1. The molecule has 1 N–H and O–H groups in total. The van der Waals surface area contributed by atoms with Crippen molar-refractivity contribution in [3.8, 4) is 5.75 Å². The molecule has 1 aliphatic heterocycles. The molecule has 0 bridgehead atoms. The quantitative estimate of drug-likeness (QED) is 0.579. The van der Waals surface area contributed by atoms with Gasteiger partial charge in [-0.25, -0.2) is 0 Å². The molecule has 1 aliphatic rings. The summed E-state index contributed by atoms with van der Waals surface area (Å²) in [6.07, 6.45) is 1.79. The van der Waals surface area contributed by atoms with Gasteiger partial charge < -0.3 is 10.1 Å².